The van der Waals surface area contributed by atoms with Crippen LogP contribution in [0.3, 0.4) is 0 Å². The van der Waals surface area contributed by atoms with Crippen molar-refractivity contribution in [3.8, 4) is 0 Å². The summed E-state index contributed by atoms with van der Waals surface area (Å²) in [5, 5.41) is 2.98. The molecule has 132 valence electrons. The summed E-state index contributed by atoms with van der Waals surface area (Å²) in [5.41, 5.74) is 4.24. The number of carbonyl (C=O) groups excluding carboxylic acids is 1. The van der Waals surface area contributed by atoms with E-state index in [4.69, 9.17) is 0 Å². The number of nitrogens with zero attached hydrogens (tertiary/aromatic N) is 3. The molecule has 2 aromatic rings. The minimum absolute atomic E-state index is 0.0560. The fourth-order valence-corrected chi connectivity index (χ4v) is 3.17. The predicted octanol–water partition coefficient (Wildman–Crippen LogP) is 2.94. The summed E-state index contributed by atoms with van der Waals surface area (Å²) in [6.07, 6.45) is 3.65. The summed E-state index contributed by atoms with van der Waals surface area (Å²) >= 11 is 0. The van der Waals surface area contributed by atoms with Crippen LogP contribution < -0.4 is 10.2 Å². The lowest BCUT2D eigenvalue weighted by atomic mass is 10.1. The van der Waals surface area contributed by atoms with Crippen LogP contribution in [0.1, 0.15) is 41.8 Å². The van der Waals surface area contributed by atoms with Gasteiger partial charge in [-0.15, -0.1) is 0 Å². The standard InChI is InChI=1S/C20H26N4O/c1-15-6-5-7-17(12-15)8-9-19(25)21-14-18-13-16(2)22-20(23-18)24-10-3-4-11-24/h5-7,12-13H,3-4,8-11,14H2,1-2H3,(H,21,25). The van der Waals surface area contributed by atoms with Gasteiger partial charge in [0.25, 0.3) is 0 Å². The first-order valence-corrected chi connectivity index (χ1v) is 9.02. The number of hydrogen-bond donors (Lipinski definition) is 1. The summed E-state index contributed by atoms with van der Waals surface area (Å²) < 4.78 is 0. The molecule has 5 nitrogen and oxygen atoms in total. The first-order valence-electron chi connectivity index (χ1n) is 9.02. The van der Waals surface area contributed by atoms with Crippen LogP contribution in [0.15, 0.2) is 30.3 Å². The monoisotopic (exact) mass is 338 g/mol. The molecule has 3 rings (SSSR count). The maximum Gasteiger partial charge on any atom is 0.225 e. The Labute approximate surface area is 149 Å². The zero-order chi connectivity index (χ0) is 17.6. The SMILES string of the molecule is Cc1cccc(CCC(=O)NCc2cc(C)nc(N3CCCC3)n2)c1. The van der Waals surface area contributed by atoms with Gasteiger partial charge >= 0.3 is 0 Å². The lowest BCUT2D eigenvalue weighted by Gasteiger charge is -2.16. The first-order chi connectivity index (χ1) is 12.1. The Hall–Kier alpha value is -2.43. The van der Waals surface area contributed by atoms with Crippen molar-refractivity contribution >= 4 is 11.9 Å². The lowest BCUT2D eigenvalue weighted by Crippen LogP contribution is -2.25. The topological polar surface area (TPSA) is 58.1 Å². The van der Waals surface area contributed by atoms with Gasteiger partial charge in [0.05, 0.1) is 12.2 Å². The van der Waals surface area contributed by atoms with Crippen molar-refractivity contribution in [1.29, 1.82) is 0 Å². The highest BCUT2D eigenvalue weighted by atomic mass is 16.1. The molecule has 1 fully saturated rings. The highest BCUT2D eigenvalue weighted by Crippen LogP contribution is 2.16. The molecule has 0 bridgehead atoms. The van der Waals surface area contributed by atoms with Crippen molar-refractivity contribution in [2.75, 3.05) is 18.0 Å². The van der Waals surface area contributed by atoms with Crippen LogP contribution in [-0.2, 0) is 17.8 Å². The highest BCUT2D eigenvalue weighted by Gasteiger charge is 2.16. The molecule has 2 heterocycles. The van der Waals surface area contributed by atoms with Gasteiger partial charge in [-0.25, -0.2) is 9.97 Å². The van der Waals surface area contributed by atoms with E-state index in [1.807, 2.05) is 19.1 Å². The van der Waals surface area contributed by atoms with Gasteiger partial charge in [-0.1, -0.05) is 29.8 Å². The van der Waals surface area contributed by atoms with Crippen LogP contribution >= 0.6 is 0 Å². The van der Waals surface area contributed by atoms with E-state index in [1.165, 1.54) is 24.0 Å². The molecule has 0 radical (unpaired) electrons. The van der Waals surface area contributed by atoms with Gasteiger partial charge in [0.15, 0.2) is 0 Å². The molecule has 1 N–H and O–H groups in total. The van der Waals surface area contributed by atoms with E-state index in [9.17, 15) is 4.79 Å². The van der Waals surface area contributed by atoms with Gasteiger partial charge in [-0.2, -0.15) is 0 Å². The molecule has 1 amide bonds. The van der Waals surface area contributed by atoms with Crippen molar-refractivity contribution in [3.63, 3.8) is 0 Å². The second kappa shape index (κ2) is 8.10. The Morgan fingerprint density at radius 1 is 1.16 bits per heavy atom. The molecule has 1 aromatic carbocycles. The molecular formula is C20H26N4O. The summed E-state index contributed by atoms with van der Waals surface area (Å²) in [7, 11) is 0. The lowest BCUT2D eigenvalue weighted by molar-refractivity contribution is -0.121. The maximum atomic E-state index is 12.1. The van der Waals surface area contributed by atoms with Gasteiger partial charge in [-0.3, -0.25) is 4.79 Å². The summed E-state index contributed by atoms with van der Waals surface area (Å²) in [6, 6.07) is 10.2. The number of amides is 1. The Morgan fingerprint density at radius 2 is 1.96 bits per heavy atom. The van der Waals surface area contributed by atoms with Gasteiger partial charge < -0.3 is 10.2 Å². The second-order valence-electron chi connectivity index (χ2n) is 6.76. The summed E-state index contributed by atoms with van der Waals surface area (Å²) in [6.45, 7) is 6.54. The summed E-state index contributed by atoms with van der Waals surface area (Å²) in [5.74, 6) is 0.849. The van der Waals surface area contributed by atoms with Crippen molar-refractivity contribution in [2.24, 2.45) is 0 Å². The van der Waals surface area contributed by atoms with Crippen molar-refractivity contribution in [2.45, 2.75) is 46.1 Å². The van der Waals surface area contributed by atoms with Crippen LogP contribution in [0.5, 0.6) is 0 Å². The zero-order valence-corrected chi connectivity index (χ0v) is 15.1. The molecule has 1 aliphatic rings. The molecule has 0 spiro atoms. The third-order valence-electron chi connectivity index (χ3n) is 4.47. The van der Waals surface area contributed by atoms with E-state index < -0.39 is 0 Å². The van der Waals surface area contributed by atoms with Crippen molar-refractivity contribution in [1.82, 2.24) is 15.3 Å². The quantitative estimate of drug-likeness (QED) is 0.880. The number of anilines is 1. The van der Waals surface area contributed by atoms with E-state index >= 15 is 0 Å². The summed E-state index contributed by atoms with van der Waals surface area (Å²) in [4.78, 5) is 23.5. The number of aromatic nitrogens is 2. The van der Waals surface area contributed by atoms with Crippen LogP contribution in [-0.4, -0.2) is 29.0 Å². The highest BCUT2D eigenvalue weighted by molar-refractivity contribution is 5.76. The normalized spacial score (nSPS) is 13.9. The predicted molar refractivity (Wildman–Crippen MR) is 99.6 cm³/mol. The fourth-order valence-electron chi connectivity index (χ4n) is 3.17. The Balaban J connectivity index is 1.53. The van der Waals surface area contributed by atoms with Crippen molar-refractivity contribution in [3.05, 3.63) is 52.8 Å². The third kappa shape index (κ3) is 5.02. The maximum absolute atomic E-state index is 12.1. The van der Waals surface area contributed by atoms with Gasteiger partial charge in [-0.05, 0) is 44.7 Å². The van der Waals surface area contributed by atoms with Crippen LogP contribution in [0.25, 0.3) is 0 Å². The van der Waals surface area contributed by atoms with Crippen molar-refractivity contribution < 1.29 is 4.79 Å². The molecule has 0 unspecified atom stereocenters. The number of carbonyl (C=O) groups is 1. The minimum Gasteiger partial charge on any atom is -0.350 e. The van der Waals surface area contributed by atoms with Gasteiger partial charge in [0.2, 0.25) is 11.9 Å². The molecule has 1 aromatic heterocycles. The molecule has 1 aliphatic heterocycles. The van der Waals surface area contributed by atoms with Crippen LogP contribution in [0.4, 0.5) is 5.95 Å². The van der Waals surface area contributed by atoms with Crippen LogP contribution in [0, 0.1) is 13.8 Å². The van der Waals surface area contributed by atoms with E-state index in [-0.39, 0.29) is 5.91 Å². The van der Waals surface area contributed by atoms with Gasteiger partial charge in [0.1, 0.15) is 0 Å². The molecule has 5 heteroatoms. The Kier molecular flexibility index (Phi) is 5.64. The molecule has 25 heavy (non-hydrogen) atoms. The van der Waals surface area contributed by atoms with Gasteiger partial charge in [0, 0.05) is 25.2 Å². The average Bonchev–Trinajstić information content (AvgIpc) is 3.12. The molecule has 0 saturated carbocycles. The Bertz CT molecular complexity index is 738. The average molecular weight is 338 g/mol. The first kappa shape index (κ1) is 17.4. The molecule has 0 atom stereocenters. The van der Waals surface area contributed by atoms with E-state index in [1.54, 1.807) is 0 Å². The molecule has 0 aliphatic carbocycles. The number of nitrogens with one attached hydrogen (secondary N) is 1. The minimum atomic E-state index is 0.0560. The molecular weight excluding hydrogens is 312 g/mol. The smallest absolute Gasteiger partial charge is 0.225 e. The van der Waals surface area contributed by atoms with E-state index in [2.05, 4.69) is 45.3 Å². The van der Waals surface area contributed by atoms with E-state index in [0.717, 1.165) is 36.8 Å². The molecule has 1 saturated heterocycles. The number of hydrogen-bond acceptors (Lipinski definition) is 4. The zero-order valence-electron chi connectivity index (χ0n) is 15.1. The fraction of sp³-hybridized carbons (Fsp3) is 0.450. The number of benzene rings is 1. The largest absolute Gasteiger partial charge is 0.350 e. The Morgan fingerprint density at radius 3 is 2.72 bits per heavy atom. The van der Waals surface area contributed by atoms with E-state index in [0.29, 0.717) is 13.0 Å². The second-order valence-corrected chi connectivity index (χ2v) is 6.76. The van der Waals surface area contributed by atoms with Crippen LogP contribution in [0.2, 0.25) is 0 Å². The third-order valence-corrected chi connectivity index (χ3v) is 4.47. The number of rotatable bonds is 6. The number of aryl methyl sites for hydroxylation is 3.